The molecule has 0 N–H and O–H groups in total. The van der Waals surface area contributed by atoms with Crippen LogP contribution in [0.25, 0.3) is 0 Å². The summed E-state index contributed by atoms with van der Waals surface area (Å²) in [4.78, 5) is 0. The Kier molecular flexibility index (Phi) is 1.75. The zero-order valence-electron chi connectivity index (χ0n) is 5.01. The maximum atomic E-state index is 11.7. The van der Waals surface area contributed by atoms with Gasteiger partial charge in [-0.2, -0.15) is 8.42 Å². The number of hydrogen-bond acceptors (Lipinski definition) is 2. The van der Waals surface area contributed by atoms with Gasteiger partial charge in [0.2, 0.25) is 0 Å². The first-order valence-corrected chi connectivity index (χ1v) is 4.55. The maximum Gasteiger partial charge on any atom is 0.302 e. The minimum absolute atomic E-state index is 0.280. The summed E-state index contributed by atoms with van der Waals surface area (Å²) in [5, 5.41) is 0. The van der Waals surface area contributed by atoms with Gasteiger partial charge < -0.3 is 0 Å². The molecule has 0 unspecified atom stereocenters. The smallest absolute Gasteiger partial charge is 0.195 e. The van der Waals surface area contributed by atoms with Gasteiger partial charge in [0.15, 0.2) is 0 Å². The number of halogens is 1. The average molecular weight is 152 g/mol. The molecule has 4 heteroatoms. The number of rotatable bonds is 3. The van der Waals surface area contributed by atoms with Crippen molar-refractivity contribution < 1.29 is 12.3 Å². The van der Waals surface area contributed by atoms with Crippen LogP contribution in [0.2, 0.25) is 0 Å². The highest BCUT2D eigenvalue weighted by molar-refractivity contribution is 7.86. The van der Waals surface area contributed by atoms with Crippen LogP contribution in [0.4, 0.5) is 3.89 Å². The minimum Gasteiger partial charge on any atom is -0.195 e. The Bertz CT molecular complexity index is 181. The third-order valence-corrected chi connectivity index (χ3v) is 2.19. The molecule has 0 heterocycles. The Morgan fingerprint density at radius 3 is 2.33 bits per heavy atom. The molecular weight excluding hydrogens is 143 g/mol. The lowest BCUT2D eigenvalue weighted by Gasteiger charge is -1.89. The summed E-state index contributed by atoms with van der Waals surface area (Å²) in [7, 11) is -4.18. The average Bonchev–Trinajstić information content (AvgIpc) is 2.38. The quantitative estimate of drug-likeness (QED) is 0.567. The van der Waals surface area contributed by atoms with E-state index in [1.165, 1.54) is 0 Å². The van der Waals surface area contributed by atoms with Gasteiger partial charge in [-0.05, 0) is 12.3 Å². The van der Waals surface area contributed by atoms with Crippen molar-refractivity contribution in [1.29, 1.82) is 0 Å². The predicted octanol–water partition coefficient (Wildman–Crippen LogP) is 1.09. The monoisotopic (exact) mass is 152 g/mol. The van der Waals surface area contributed by atoms with E-state index in [9.17, 15) is 12.3 Å². The molecule has 9 heavy (non-hydrogen) atoms. The summed E-state index contributed by atoms with van der Waals surface area (Å²) in [5.74, 6) is 0.216. The summed E-state index contributed by atoms with van der Waals surface area (Å²) < 4.78 is 31.5. The largest absolute Gasteiger partial charge is 0.302 e. The molecule has 0 radical (unpaired) electrons. The Balaban J connectivity index is 2.18. The van der Waals surface area contributed by atoms with Gasteiger partial charge in [0.25, 0.3) is 0 Å². The molecule has 0 atom stereocenters. The topological polar surface area (TPSA) is 34.1 Å². The van der Waals surface area contributed by atoms with Crippen molar-refractivity contribution in [2.24, 2.45) is 5.92 Å². The predicted molar refractivity (Wildman–Crippen MR) is 32.2 cm³/mol. The molecule has 0 aliphatic heterocycles. The van der Waals surface area contributed by atoms with Crippen LogP contribution in [0.3, 0.4) is 0 Å². The van der Waals surface area contributed by atoms with Crippen molar-refractivity contribution in [3.8, 4) is 0 Å². The Hall–Kier alpha value is -0.120. The first-order valence-electron chi connectivity index (χ1n) is 3.00. The van der Waals surface area contributed by atoms with E-state index < -0.39 is 10.2 Å². The highest BCUT2D eigenvalue weighted by Gasteiger charge is 2.23. The van der Waals surface area contributed by atoms with E-state index in [2.05, 4.69) is 0 Å². The Morgan fingerprint density at radius 1 is 1.44 bits per heavy atom. The summed E-state index contributed by atoms with van der Waals surface area (Å²) >= 11 is 0. The van der Waals surface area contributed by atoms with E-state index >= 15 is 0 Å². The van der Waals surface area contributed by atoms with E-state index in [4.69, 9.17) is 0 Å². The zero-order chi connectivity index (χ0) is 6.91. The molecule has 0 amide bonds. The van der Waals surface area contributed by atoms with Crippen molar-refractivity contribution in [2.45, 2.75) is 19.3 Å². The third kappa shape index (κ3) is 3.46. The molecule has 0 bridgehead atoms. The SMILES string of the molecule is O=S(=O)(F)CCC1CC1. The molecule has 0 spiro atoms. The highest BCUT2D eigenvalue weighted by atomic mass is 32.3. The highest BCUT2D eigenvalue weighted by Crippen LogP contribution is 2.32. The molecule has 0 aromatic carbocycles. The Morgan fingerprint density at radius 2 is 2.00 bits per heavy atom. The van der Waals surface area contributed by atoms with Crippen LogP contribution in [-0.4, -0.2) is 14.2 Å². The van der Waals surface area contributed by atoms with Gasteiger partial charge in [0.1, 0.15) is 0 Å². The maximum absolute atomic E-state index is 11.7. The van der Waals surface area contributed by atoms with Crippen LogP contribution >= 0.6 is 0 Å². The molecule has 0 saturated heterocycles. The van der Waals surface area contributed by atoms with E-state index in [1.54, 1.807) is 0 Å². The van der Waals surface area contributed by atoms with Crippen molar-refractivity contribution in [2.75, 3.05) is 5.75 Å². The molecule has 1 aliphatic rings. The fourth-order valence-corrected chi connectivity index (χ4v) is 1.33. The summed E-state index contributed by atoms with van der Waals surface area (Å²) in [6, 6.07) is 0. The second kappa shape index (κ2) is 2.25. The van der Waals surface area contributed by atoms with E-state index in [-0.39, 0.29) is 5.75 Å². The van der Waals surface area contributed by atoms with E-state index in [1.807, 2.05) is 0 Å². The molecule has 2 nitrogen and oxygen atoms in total. The molecule has 1 fully saturated rings. The fraction of sp³-hybridized carbons (Fsp3) is 1.00. The number of hydrogen-bond donors (Lipinski definition) is 0. The van der Waals surface area contributed by atoms with Gasteiger partial charge in [-0.3, -0.25) is 0 Å². The summed E-state index contributed by atoms with van der Waals surface area (Å²) in [5.41, 5.74) is 0. The molecule has 0 aromatic heterocycles. The van der Waals surface area contributed by atoms with Crippen LogP contribution in [-0.2, 0) is 10.2 Å². The first kappa shape index (κ1) is 6.99. The lowest BCUT2D eigenvalue weighted by Crippen LogP contribution is -1.98. The van der Waals surface area contributed by atoms with Gasteiger partial charge in [0, 0.05) is 0 Å². The molecule has 1 saturated carbocycles. The first-order chi connectivity index (χ1) is 4.08. The third-order valence-electron chi connectivity index (χ3n) is 1.47. The summed E-state index contributed by atoms with van der Waals surface area (Å²) in [6.45, 7) is 0. The molecule has 0 aromatic rings. The minimum atomic E-state index is -4.18. The van der Waals surface area contributed by atoms with E-state index in [0.717, 1.165) is 12.8 Å². The summed E-state index contributed by atoms with van der Waals surface area (Å²) in [6.07, 6.45) is 2.67. The van der Waals surface area contributed by atoms with Crippen molar-refractivity contribution in [3.05, 3.63) is 0 Å². The van der Waals surface area contributed by atoms with Gasteiger partial charge >= 0.3 is 10.2 Å². The van der Waals surface area contributed by atoms with Crippen molar-refractivity contribution in [1.82, 2.24) is 0 Å². The molecular formula is C5H9FO2S. The van der Waals surface area contributed by atoms with Crippen LogP contribution in [0, 0.1) is 5.92 Å². The van der Waals surface area contributed by atoms with Crippen molar-refractivity contribution in [3.63, 3.8) is 0 Å². The molecule has 1 rings (SSSR count). The van der Waals surface area contributed by atoms with Crippen molar-refractivity contribution >= 4 is 10.2 Å². The fourth-order valence-electron chi connectivity index (χ4n) is 0.714. The van der Waals surface area contributed by atoms with E-state index in [0.29, 0.717) is 12.3 Å². The second-order valence-corrected chi connectivity index (χ2v) is 3.96. The van der Waals surface area contributed by atoms with Crippen LogP contribution in [0.15, 0.2) is 0 Å². The molecule has 1 aliphatic carbocycles. The van der Waals surface area contributed by atoms with Gasteiger partial charge in [-0.15, -0.1) is 3.89 Å². The normalized spacial score (nSPS) is 20.1. The van der Waals surface area contributed by atoms with Gasteiger partial charge in [0.05, 0.1) is 5.75 Å². The van der Waals surface area contributed by atoms with Gasteiger partial charge in [-0.1, -0.05) is 12.8 Å². The molecule has 54 valence electrons. The lowest BCUT2D eigenvalue weighted by molar-refractivity contribution is 0.546. The van der Waals surface area contributed by atoms with Crippen LogP contribution < -0.4 is 0 Å². The lowest BCUT2D eigenvalue weighted by atomic mass is 10.3. The van der Waals surface area contributed by atoms with Crippen LogP contribution in [0.1, 0.15) is 19.3 Å². The standard InChI is InChI=1S/C5H9FO2S/c6-9(7,8)4-3-5-1-2-5/h5H,1-4H2. The van der Waals surface area contributed by atoms with Crippen LogP contribution in [0.5, 0.6) is 0 Å². The second-order valence-electron chi connectivity index (χ2n) is 2.48. The zero-order valence-corrected chi connectivity index (χ0v) is 5.82. The van der Waals surface area contributed by atoms with Gasteiger partial charge in [-0.25, -0.2) is 0 Å². The Labute approximate surface area is 54.3 Å².